The molecule has 0 unspecified atom stereocenters. The number of hydrogen-bond donors (Lipinski definition) is 1. The Labute approximate surface area is 75.0 Å². The van der Waals surface area contributed by atoms with Crippen LogP contribution in [-0.4, -0.2) is 0 Å². The summed E-state index contributed by atoms with van der Waals surface area (Å²) in [6.07, 6.45) is 0. The highest BCUT2D eigenvalue weighted by molar-refractivity contribution is 9.10. The quantitative estimate of drug-likeness (QED) is 0.711. The van der Waals surface area contributed by atoms with E-state index in [-0.39, 0.29) is 0 Å². The van der Waals surface area contributed by atoms with E-state index in [0.717, 1.165) is 21.3 Å². The maximum absolute atomic E-state index is 5.73. The summed E-state index contributed by atoms with van der Waals surface area (Å²) in [6.45, 7) is 5.76. The fraction of sp³-hybridized carbons (Fsp3) is 0.111. The number of halogens is 1. The summed E-state index contributed by atoms with van der Waals surface area (Å²) in [7, 11) is 0. The first kappa shape index (κ1) is 8.34. The van der Waals surface area contributed by atoms with Gasteiger partial charge in [-0.05, 0) is 30.2 Å². The zero-order valence-corrected chi connectivity index (χ0v) is 7.98. The van der Waals surface area contributed by atoms with E-state index in [1.165, 1.54) is 0 Å². The molecule has 0 aliphatic carbocycles. The van der Waals surface area contributed by atoms with Gasteiger partial charge in [0.2, 0.25) is 0 Å². The molecule has 0 atom stereocenters. The molecule has 0 saturated carbocycles. The Kier molecular flexibility index (Phi) is 2.35. The smallest absolute Gasteiger partial charge is 0.0401 e. The Bertz CT molecular complexity index is 292. The highest BCUT2D eigenvalue weighted by Gasteiger charge is 1.98. The van der Waals surface area contributed by atoms with E-state index in [0.29, 0.717) is 0 Å². The Morgan fingerprint density at radius 1 is 1.55 bits per heavy atom. The van der Waals surface area contributed by atoms with Gasteiger partial charge in [-0.3, -0.25) is 0 Å². The summed E-state index contributed by atoms with van der Waals surface area (Å²) in [6, 6.07) is 5.80. The van der Waals surface area contributed by atoms with E-state index in [1.807, 2.05) is 25.1 Å². The summed E-state index contributed by atoms with van der Waals surface area (Å²) in [5.41, 5.74) is 8.52. The minimum absolute atomic E-state index is 0.770. The average molecular weight is 212 g/mol. The molecular weight excluding hydrogens is 202 g/mol. The van der Waals surface area contributed by atoms with Crippen molar-refractivity contribution in [3.63, 3.8) is 0 Å². The number of allylic oxidation sites excluding steroid dienone is 1. The topological polar surface area (TPSA) is 26.0 Å². The number of nitrogen functional groups attached to an aromatic ring is 1. The van der Waals surface area contributed by atoms with E-state index in [4.69, 9.17) is 5.73 Å². The largest absolute Gasteiger partial charge is 0.398 e. The zero-order chi connectivity index (χ0) is 8.43. The average Bonchev–Trinajstić information content (AvgIpc) is 1.85. The van der Waals surface area contributed by atoms with Crippen molar-refractivity contribution in [3.05, 3.63) is 34.8 Å². The fourth-order valence-corrected chi connectivity index (χ4v) is 1.30. The molecule has 0 aromatic heterocycles. The lowest BCUT2D eigenvalue weighted by Crippen LogP contribution is -1.90. The molecule has 0 radical (unpaired) electrons. The van der Waals surface area contributed by atoms with Crippen LogP contribution in [0.25, 0.3) is 5.57 Å². The second-order valence-electron chi connectivity index (χ2n) is 2.51. The van der Waals surface area contributed by atoms with Gasteiger partial charge >= 0.3 is 0 Å². The second kappa shape index (κ2) is 3.09. The number of anilines is 1. The molecule has 1 aromatic rings. The summed E-state index contributed by atoms with van der Waals surface area (Å²) >= 11 is 3.34. The summed E-state index contributed by atoms with van der Waals surface area (Å²) in [5, 5.41) is 0. The van der Waals surface area contributed by atoms with Crippen LogP contribution in [0.4, 0.5) is 5.69 Å². The molecule has 0 heterocycles. The van der Waals surface area contributed by atoms with Gasteiger partial charge in [0, 0.05) is 10.2 Å². The predicted octanol–water partition coefficient (Wildman–Crippen LogP) is 3.06. The Morgan fingerprint density at radius 2 is 2.18 bits per heavy atom. The van der Waals surface area contributed by atoms with Gasteiger partial charge in [0.1, 0.15) is 0 Å². The van der Waals surface area contributed by atoms with Crippen LogP contribution in [0.2, 0.25) is 0 Å². The van der Waals surface area contributed by atoms with Crippen LogP contribution in [0.5, 0.6) is 0 Å². The number of rotatable bonds is 1. The van der Waals surface area contributed by atoms with Crippen molar-refractivity contribution in [2.45, 2.75) is 6.92 Å². The van der Waals surface area contributed by atoms with E-state index in [2.05, 4.69) is 22.5 Å². The lowest BCUT2D eigenvalue weighted by molar-refractivity contribution is 1.55. The molecule has 0 saturated heterocycles. The van der Waals surface area contributed by atoms with Gasteiger partial charge in [-0.25, -0.2) is 0 Å². The third-order valence-corrected chi connectivity index (χ3v) is 1.97. The maximum atomic E-state index is 5.73. The molecular formula is C9H10BrN. The van der Waals surface area contributed by atoms with Gasteiger partial charge in [0.15, 0.2) is 0 Å². The SMILES string of the molecule is C=C(C)c1ccc(Br)cc1N. The minimum atomic E-state index is 0.770. The number of benzene rings is 1. The van der Waals surface area contributed by atoms with Gasteiger partial charge in [-0.2, -0.15) is 0 Å². The first-order chi connectivity index (χ1) is 5.11. The van der Waals surface area contributed by atoms with Crippen molar-refractivity contribution >= 4 is 27.2 Å². The lowest BCUT2D eigenvalue weighted by Gasteiger charge is -2.03. The van der Waals surface area contributed by atoms with Crippen LogP contribution in [0.3, 0.4) is 0 Å². The van der Waals surface area contributed by atoms with E-state index in [9.17, 15) is 0 Å². The van der Waals surface area contributed by atoms with Crippen molar-refractivity contribution in [2.24, 2.45) is 0 Å². The van der Waals surface area contributed by atoms with Gasteiger partial charge in [0.25, 0.3) is 0 Å². The molecule has 0 aliphatic heterocycles. The van der Waals surface area contributed by atoms with E-state index < -0.39 is 0 Å². The van der Waals surface area contributed by atoms with Crippen molar-refractivity contribution in [1.82, 2.24) is 0 Å². The van der Waals surface area contributed by atoms with Crippen molar-refractivity contribution in [3.8, 4) is 0 Å². The molecule has 0 bridgehead atoms. The molecule has 2 heteroatoms. The van der Waals surface area contributed by atoms with E-state index >= 15 is 0 Å². The highest BCUT2D eigenvalue weighted by atomic mass is 79.9. The normalized spacial score (nSPS) is 9.64. The third kappa shape index (κ3) is 1.84. The summed E-state index contributed by atoms with van der Waals surface area (Å²) < 4.78 is 1.00. The zero-order valence-electron chi connectivity index (χ0n) is 6.39. The Morgan fingerprint density at radius 3 is 2.64 bits per heavy atom. The molecule has 2 N–H and O–H groups in total. The number of hydrogen-bond acceptors (Lipinski definition) is 1. The van der Waals surface area contributed by atoms with Crippen LogP contribution >= 0.6 is 15.9 Å². The van der Waals surface area contributed by atoms with Crippen molar-refractivity contribution in [1.29, 1.82) is 0 Å². The molecule has 58 valence electrons. The Balaban J connectivity index is 3.20. The van der Waals surface area contributed by atoms with Crippen LogP contribution in [-0.2, 0) is 0 Å². The fourth-order valence-electron chi connectivity index (χ4n) is 0.922. The van der Waals surface area contributed by atoms with Gasteiger partial charge in [-0.1, -0.05) is 28.6 Å². The maximum Gasteiger partial charge on any atom is 0.0401 e. The van der Waals surface area contributed by atoms with Crippen LogP contribution in [0.15, 0.2) is 29.3 Å². The first-order valence-electron chi connectivity index (χ1n) is 3.32. The van der Waals surface area contributed by atoms with Gasteiger partial charge in [-0.15, -0.1) is 0 Å². The monoisotopic (exact) mass is 211 g/mol. The van der Waals surface area contributed by atoms with Crippen LogP contribution in [0, 0.1) is 0 Å². The molecule has 1 nitrogen and oxygen atoms in total. The summed E-state index contributed by atoms with van der Waals surface area (Å²) in [4.78, 5) is 0. The van der Waals surface area contributed by atoms with Crippen molar-refractivity contribution in [2.75, 3.05) is 5.73 Å². The van der Waals surface area contributed by atoms with Crippen LogP contribution < -0.4 is 5.73 Å². The molecule has 1 aromatic carbocycles. The van der Waals surface area contributed by atoms with E-state index in [1.54, 1.807) is 0 Å². The highest BCUT2D eigenvalue weighted by Crippen LogP contribution is 2.23. The van der Waals surface area contributed by atoms with Gasteiger partial charge < -0.3 is 5.73 Å². The predicted molar refractivity (Wildman–Crippen MR) is 53.3 cm³/mol. The Hall–Kier alpha value is -0.760. The molecule has 0 aliphatic rings. The van der Waals surface area contributed by atoms with Crippen molar-refractivity contribution < 1.29 is 0 Å². The second-order valence-corrected chi connectivity index (χ2v) is 3.43. The molecule has 0 fully saturated rings. The lowest BCUT2D eigenvalue weighted by atomic mass is 10.1. The third-order valence-electron chi connectivity index (χ3n) is 1.47. The molecule has 0 spiro atoms. The van der Waals surface area contributed by atoms with Gasteiger partial charge in [0.05, 0.1) is 0 Å². The van der Waals surface area contributed by atoms with Crippen LogP contribution in [0.1, 0.15) is 12.5 Å². The summed E-state index contributed by atoms with van der Waals surface area (Å²) in [5.74, 6) is 0. The molecule has 1 rings (SSSR count). The molecule has 11 heavy (non-hydrogen) atoms. The minimum Gasteiger partial charge on any atom is -0.398 e. The standard InChI is InChI=1S/C9H10BrN/c1-6(2)8-4-3-7(10)5-9(8)11/h3-5H,1,11H2,2H3. The number of nitrogens with two attached hydrogens (primary N) is 1. The molecule has 0 amide bonds. The first-order valence-corrected chi connectivity index (χ1v) is 4.11.